The Morgan fingerprint density at radius 3 is 2.91 bits per heavy atom. The molecule has 0 saturated carbocycles. The van der Waals surface area contributed by atoms with Gasteiger partial charge in [0.05, 0.1) is 6.42 Å². The Morgan fingerprint density at radius 1 is 1.64 bits per heavy atom. The highest BCUT2D eigenvalue weighted by atomic mass is 16.4. The van der Waals surface area contributed by atoms with Crippen molar-refractivity contribution in [1.29, 1.82) is 0 Å². The first kappa shape index (κ1) is 7.53. The van der Waals surface area contributed by atoms with E-state index < -0.39 is 5.97 Å². The van der Waals surface area contributed by atoms with Crippen molar-refractivity contribution < 1.29 is 9.90 Å². The third-order valence-corrected chi connectivity index (χ3v) is 1.25. The van der Waals surface area contributed by atoms with Crippen LogP contribution >= 0.6 is 0 Å². The third kappa shape index (κ3) is 1.93. The molecule has 0 atom stereocenters. The molecule has 0 fully saturated rings. The lowest BCUT2D eigenvalue weighted by atomic mass is 10.2. The standard InChI is InChI=1S/C7H7NO3/c9-6-1-2-8-4-5(6)3-7(10)11/h1-2,4H,3H2,(H,8,9)(H,10,11). The highest BCUT2D eigenvalue weighted by Gasteiger charge is 2.02. The summed E-state index contributed by atoms with van der Waals surface area (Å²) in [6.07, 6.45) is 2.64. The summed E-state index contributed by atoms with van der Waals surface area (Å²) in [7, 11) is 0. The molecule has 0 aliphatic carbocycles. The van der Waals surface area contributed by atoms with Gasteiger partial charge in [0.25, 0.3) is 0 Å². The average Bonchev–Trinajstić information content (AvgIpc) is 1.93. The fraction of sp³-hybridized carbons (Fsp3) is 0.143. The summed E-state index contributed by atoms with van der Waals surface area (Å²) in [5.74, 6) is -0.998. The summed E-state index contributed by atoms with van der Waals surface area (Å²) in [5, 5.41) is 8.34. The van der Waals surface area contributed by atoms with Gasteiger partial charge in [-0.3, -0.25) is 9.59 Å². The van der Waals surface area contributed by atoms with E-state index in [-0.39, 0.29) is 17.4 Å². The number of carbonyl (C=O) groups is 1. The molecule has 4 nitrogen and oxygen atoms in total. The summed E-state index contributed by atoms with van der Waals surface area (Å²) >= 11 is 0. The zero-order valence-corrected chi connectivity index (χ0v) is 5.70. The van der Waals surface area contributed by atoms with Gasteiger partial charge in [0.2, 0.25) is 0 Å². The zero-order chi connectivity index (χ0) is 8.27. The van der Waals surface area contributed by atoms with Crippen molar-refractivity contribution in [3.8, 4) is 0 Å². The van der Waals surface area contributed by atoms with E-state index in [1.165, 1.54) is 18.5 Å². The molecule has 0 radical (unpaired) electrons. The zero-order valence-electron chi connectivity index (χ0n) is 5.70. The fourth-order valence-corrected chi connectivity index (χ4v) is 0.752. The Balaban J connectivity index is 2.95. The number of hydrogen-bond donors (Lipinski definition) is 2. The van der Waals surface area contributed by atoms with Gasteiger partial charge in [0.1, 0.15) is 0 Å². The van der Waals surface area contributed by atoms with Gasteiger partial charge in [-0.25, -0.2) is 0 Å². The van der Waals surface area contributed by atoms with E-state index in [9.17, 15) is 9.59 Å². The van der Waals surface area contributed by atoms with Gasteiger partial charge >= 0.3 is 5.97 Å². The number of pyridine rings is 1. The van der Waals surface area contributed by atoms with Crippen LogP contribution in [0.25, 0.3) is 0 Å². The van der Waals surface area contributed by atoms with Crippen molar-refractivity contribution in [2.45, 2.75) is 6.42 Å². The molecule has 0 amide bonds. The SMILES string of the molecule is O=C(O)Cc1c[nH]ccc1=O. The molecule has 0 spiro atoms. The lowest BCUT2D eigenvalue weighted by Crippen LogP contribution is -2.12. The monoisotopic (exact) mass is 153 g/mol. The number of carboxylic acids is 1. The van der Waals surface area contributed by atoms with Crippen LogP contribution in [0.4, 0.5) is 0 Å². The number of H-pyrrole nitrogens is 1. The second-order valence-corrected chi connectivity index (χ2v) is 2.10. The second kappa shape index (κ2) is 3.01. The van der Waals surface area contributed by atoms with Gasteiger partial charge in [-0.1, -0.05) is 0 Å². The van der Waals surface area contributed by atoms with Gasteiger partial charge < -0.3 is 10.1 Å². The maximum atomic E-state index is 10.9. The molecule has 0 unspecified atom stereocenters. The molecular weight excluding hydrogens is 146 g/mol. The Labute approximate surface area is 62.5 Å². The maximum Gasteiger partial charge on any atom is 0.308 e. The van der Waals surface area contributed by atoms with Crippen molar-refractivity contribution in [2.24, 2.45) is 0 Å². The van der Waals surface area contributed by atoms with E-state index >= 15 is 0 Å². The summed E-state index contributed by atoms with van der Waals surface area (Å²) in [6, 6.07) is 1.30. The molecule has 0 saturated heterocycles. The largest absolute Gasteiger partial charge is 0.481 e. The molecule has 11 heavy (non-hydrogen) atoms. The summed E-state index contributed by atoms with van der Waals surface area (Å²) in [4.78, 5) is 23.7. The number of aromatic nitrogens is 1. The van der Waals surface area contributed by atoms with E-state index in [1.807, 2.05) is 0 Å². The maximum absolute atomic E-state index is 10.9. The number of carboxylic acid groups (broad SMARTS) is 1. The molecule has 1 aromatic heterocycles. The average molecular weight is 153 g/mol. The lowest BCUT2D eigenvalue weighted by molar-refractivity contribution is -0.136. The predicted molar refractivity (Wildman–Crippen MR) is 38.4 cm³/mol. The van der Waals surface area contributed by atoms with Crippen molar-refractivity contribution in [1.82, 2.24) is 4.98 Å². The molecule has 58 valence electrons. The topological polar surface area (TPSA) is 70.2 Å². The Morgan fingerprint density at radius 2 is 2.36 bits per heavy atom. The molecule has 0 aliphatic rings. The van der Waals surface area contributed by atoms with Crippen LogP contribution < -0.4 is 5.43 Å². The minimum atomic E-state index is -0.998. The fourth-order valence-electron chi connectivity index (χ4n) is 0.752. The first-order valence-electron chi connectivity index (χ1n) is 3.08. The van der Waals surface area contributed by atoms with Gasteiger partial charge in [-0.05, 0) is 0 Å². The predicted octanol–water partition coefficient (Wildman–Crippen LogP) is 0.00200. The van der Waals surface area contributed by atoms with Crippen molar-refractivity contribution in [3.63, 3.8) is 0 Å². The van der Waals surface area contributed by atoms with Crippen LogP contribution in [-0.4, -0.2) is 16.1 Å². The van der Waals surface area contributed by atoms with Gasteiger partial charge in [-0.15, -0.1) is 0 Å². The first-order chi connectivity index (χ1) is 5.20. The highest BCUT2D eigenvalue weighted by Crippen LogP contribution is 1.88. The van der Waals surface area contributed by atoms with Crippen LogP contribution in [0.1, 0.15) is 5.56 Å². The Hall–Kier alpha value is -1.58. The van der Waals surface area contributed by atoms with Crippen LogP contribution in [0.5, 0.6) is 0 Å². The quantitative estimate of drug-likeness (QED) is 0.628. The van der Waals surface area contributed by atoms with E-state index in [1.54, 1.807) is 0 Å². The summed E-state index contributed by atoms with van der Waals surface area (Å²) in [5.41, 5.74) is 0.0335. The van der Waals surface area contributed by atoms with Gasteiger partial charge in [0, 0.05) is 24.0 Å². The minimum absolute atomic E-state index is 0.226. The molecule has 4 heteroatoms. The van der Waals surface area contributed by atoms with E-state index in [4.69, 9.17) is 5.11 Å². The molecular formula is C7H7NO3. The molecule has 1 aromatic rings. The van der Waals surface area contributed by atoms with Crippen LogP contribution in [0, 0.1) is 0 Å². The number of aliphatic carboxylic acids is 1. The Kier molecular flexibility index (Phi) is 2.06. The van der Waals surface area contributed by atoms with E-state index in [2.05, 4.69) is 4.98 Å². The van der Waals surface area contributed by atoms with Crippen LogP contribution in [0.15, 0.2) is 23.3 Å². The highest BCUT2D eigenvalue weighted by molar-refractivity contribution is 5.69. The van der Waals surface area contributed by atoms with E-state index in [0.717, 1.165) is 0 Å². The van der Waals surface area contributed by atoms with E-state index in [0.29, 0.717) is 0 Å². The van der Waals surface area contributed by atoms with Crippen LogP contribution in [0.3, 0.4) is 0 Å². The number of hydrogen-bond acceptors (Lipinski definition) is 2. The third-order valence-electron chi connectivity index (χ3n) is 1.25. The smallest absolute Gasteiger partial charge is 0.308 e. The Bertz CT molecular complexity index is 315. The number of aromatic amines is 1. The second-order valence-electron chi connectivity index (χ2n) is 2.10. The molecule has 0 aromatic carbocycles. The molecule has 1 rings (SSSR count). The normalized spacial score (nSPS) is 9.45. The van der Waals surface area contributed by atoms with Crippen molar-refractivity contribution >= 4 is 5.97 Å². The van der Waals surface area contributed by atoms with Crippen LogP contribution in [-0.2, 0) is 11.2 Å². The molecule has 2 N–H and O–H groups in total. The van der Waals surface area contributed by atoms with Crippen molar-refractivity contribution in [2.75, 3.05) is 0 Å². The summed E-state index contributed by atoms with van der Waals surface area (Å²) in [6.45, 7) is 0. The van der Waals surface area contributed by atoms with Gasteiger partial charge in [-0.2, -0.15) is 0 Å². The first-order valence-corrected chi connectivity index (χ1v) is 3.08. The molecule has 0 aliphatic heterocycles. The lowest BCUT2D eigenvalue weighted by Gasteiger charge is -1.92. The summed E-state index contributed by atoms with van der Waals surface area (Å²) < 4.78 is 0. The van der Waals surface area contributed by atoms with Crippen LogP contribution in [0.2, 0.25) is 0 Å². The minimum Gasteiger partial charge on any atom is -0.481 e. The number of rotatable bonds is 2. The molecule has 1 heterocycles. The van der Waals surface area contributed by atoms with Crippen molar-refractivity contribution in [3.05, 3.63) is 34.2 Å². The number of nitrogens with one attached hydrogen (secondary N) is 1. The molecule has 0 bridgehead atoms. The van der Waals surface area contributed by atoms with Gasteiger partial charge in [0.15, 0.2) is 5.43 Å².